The second kappa shape index (κ2) is 6.48. The first-order valence-corrected chi connectivity index (χ1v) is 8.42. The van der Waals surface area contributed by atoms with E-state index in [2.05, 4.69) is 5.32 Å². The van der Waals surface area contributed by atoms with Crippen LogP contribution in [0.3, 0.4) is 0 Å². The number of dihydropyridines is 1. The maximum absolute atomic E-state index is 12.9. The fourth-order valence-electron chi connectivity index (χ4n) is 3.78. The van der Waals surface area contributed by atoms with Crippen molar-refractivity contribution in [3.8, 4) is 0 Å². The van der Waals surface area contributed by atoms with Crippen LogP contribution in [0.5, 0.6) is 0 Å². The van der Waals surface area contributed by atoms with E-state index in [1.54, 1.807) is 0 Å². The summed E-state index contributed by atoms with van der Waals surface area (Å²) in [7, 11) is 3.30. The average Bonchev–Trinajstić information content (AvgIpc) is 2.55. The van der Waals surface area contributed by atoms with Crippen LogP contribution in [0.25, 0.3) is 0 Å². The van der Waals surface area contributed by atoms with E-state index in [0.29, 0.717) is 24.2 Å². The van der Waals surface area contributed by atoms with E-state index >= 15 is 0 Å². The van der Waals surface area contributed by atoms with Crippen LogP contribution in [-0.4, -0.2) is 43.9 Å². The van der Waals surface area contributed by atoms with Gasteiger partial charge in [-0.3, -0.25) is 9.69 Å². The quantitative estimate of drug-likeness (QED) is 0.837. The Hall–Kier alpha value is -2.40. The Morgan fingerprint density at radius 1 is 1.24 bits per heavy atom. The molecule has 1 N–H and O–H groups in total. The highest BCUT2D eigenvalue weighted by Gasteiger charge is 2.40. The molecule has 0 fully saturated rings. The smallest absolute Gasteiger partial charge is 0.336 e. The number of ether oxygens (including phenoxy) is 1. The predicted molar refractivity (Wildman–Crippen MR) is 96.0 cm³/mol. The number of hydrogen-bond acceptors (Lipinski definition) is 5. The van der Waals surface area contributed by atoms with Crippen molar-refractivity contribution in [3.05, 3.63) is 57.4 Å². The summed E-state index contributed by atoms with van der Waals surface area (Å²) in [6, 6.07) is 6.02. The highest BCUT2D eigenvalue weighted by atomic mass is 16.5. The lowest BCUT2D eigenvalue weighted by atomic mass is 9.75. The summed E-state index contributed by atoms with van der Waals surface area (Å²) in [5.74, 6) is -0.727. The summed E-state index contributed by atoms with van der Waals surface area (Å²) in [5.41, 5.74) is 6.08. The molecule has 1 aromatic carbocycles. The Balaban J connectivity index is 2.26. The number of esters is 1. The van der Waals surface area contributed by atoms with Gasteiger partial charge < -0.3 is 10.1 Å². The van der Waals surface area contributed by atoms with Gasteiger partial charge in [0.1, 0.15) is 0 Å². The van der Waals surface area contributed by atoms with E-state index in [9.17, 15) is 9.59 Å². The minimum Gasteiger partial charge on any atom is -0.466 e. The largest absolute Gasteiger partial charge is 0.466 e. The number of rotatable bonds is 2. The highest BCUT2D eigenvalue weighted by molar-refractivity contribution is 6.04. The van der Waals surface area contributed by atoms with Gasteiger partial charge in [-0.25, -0.2) is 4.79 Å². The van der Waals surface area contributed by atoms with E-state index in [4.69, 9.17) is 4.74 Å². The first-order valence-electron chi connectivity index (χ1n) is 8.42. The summed E-state index contributed by atoms with van der Waals surface area (Å²) < 4.78 is 5.04. The zero-order chi connectivity index (χ0) is 18.3. The topological polar surface area (TPSA) is 58.6 Å². The van der Waals surface area contributed by atoms with Crippen molar-refractivity contribution in [2.75, 3.05) is 27.2 Å². The van der Waals surface area contributed by atoms with Gasteiger partial charge in [0.05, 0.1) is 19.2 Å². The van der Waals surface area contributed by atoms with Crippen LogP contribution >= 0.6 is 0 Å². The molecule has 0 radical (unpaired) electrons. The van der Waals surface area contributed by atoms with Crippen LogP contribution in [0.4, 0.5) is 0 Å². The maximum atomic E-state index is 12.9. The average molecular weight is 340 g/mol. The van der Waals surface area contributed by atoms with Crippen LogP contribution in [0.15, 0.2) is 40.7 Å². The molecule has 3 rings (SSSR count). The van der Waals surface area contributed by atoms with Gasteiger partial charge >= 0.3 is 5.97 Å². The first kappa shape index (κ1) is 17.4. The van der Waals surface area contributed by atoms with E-state index in [0.717, 1.165) is 28.1 Å². The van der Waals surface area contributed by atoms with Gasteiger partial charge in [-0.15, -0.1) is 0 Å². The molecule has 0 spiro atoms. The third kappa shape index (κ3) is 2.89. The molecule has 1 atom stereocenters. The fourth-order valence-corrected chi connectivity index (χ4v) is 3.78. The second-order valence-corrected chi connectivity index (χ2v) is 6.87. The van der Waals surface area contributed by atoms with Gasteiger partial charge in [-0.2, -0.15) is 0 Å². The first-order chi connectivity index (χ1) is 11.8. The number of allylic oxidation sites excluding steroid dienone is 1. The van der Waals surface area contributed by atoms with Gasteiger partial charge in [-0.05, 0) is 44.5 Å². The fraction of sp³-hybridized carbons (Fsp3) is 0.400. The van der Waals surface area contributed by atoms with E-state index in [-0.39, 0.29) is 11.7 Å². The molecular formula is C20H24N2O3. The number of likely N-dealkylation sites (N-methyl/N-ethyl adjacent to an activating group) is 1. The van der Waals surface area contributed by atoms with Gasteiger partial charge in [0.25, 0.3) is 0 Å². The van der Waals surface area contributed by atoms with Crippen LogP contribution in [-0.2, 0) is 14.3 Å². The van der Waals surface area contributed by atoms with Gasteiger partial charge in [0, 0.05) is 29.4 Å². The molecule has 1 aromatic rings. The number of nitrogens with one attached hydrogen (secondary N) is 1. The van der Waals surface area contributed by atoms with E-state index in [1.807, 2.05) is 50.9 Å². The van der Waals surface area contributed by atoms with Crippen molar-refractivity contribution < 1.29 is 14.3 Å². The minimum atomic E-state index is -0.394. The predicted octanol–water partition coefficient (Wildman–Crippen LogP) is 2.21. The molecule has 2 heterocycles. The number of Topliss-reactive ketones (excluding diaryl/α,β-unsaturated/α-hetero) is 1. The van der Waals surface area contributed by atoms with Crippen molar-refractivity contribution in [1.82, 2.24) is 10.2 Å². The molecule has 0 amide bonds. The summed E-state index contributed by atoms with van der Waals surface area (Å²) >= 11 is 0. The lowest BCUT2D eigenvalue weighted by molar-refractivity contribution is -0.136. The number of aryl methyl sites for hydroxylation is 1. The molecule has 5 nitrogen and oxygen atoms in total. The molecule has 0 aromatic heterocycles. The Morgan fingerprint density at radius 3 is 2.64 bits per heavy atom. The van der Waals surface area contributed by atoms with Crippen molar-refractivity contribution in [2.45, 2.75) is 26.7 Å². The van der Waals surface area contributed by atoms with Crippen molar-refractivity contribution in [3.63, 3.8) is 0 Å². The highest BCUT2D eigenvalue weighted by Crippen LogP contribution is 2.41. The zero-order valence-corrected chi connectivity index (χ0v) is 15.4. The maximum Gasteiger partial charge on any atom is 0.336 e. The third-order valence-electron chi connectivity index (χ3n) is 5.15. The minimum absolute atomic E-state index is 0.0519. The molecular weight excluding hydrogens is 316 g/mol. The Kier molecular flexibility index (Phi) is 4.52. The molecule has 2 aliphatic heterocycles. The molecule has 5 heteroatoms. The summed E-state index contributed by atoms with van der Waals surface area (Å²) in [6.45, 7) is 6.97. The molecule has 132 valence electrons. The molecule has 0 bridgehead atoms. The van der Waals surface area contributed by atoms with Gasteiger partial charge in [0.15, 0.2) is 5.78 Å². The Morgan fingerprint density at radius 2 is 1.96 bits per heavy atom. The molecule has 0 aliphatic carbocycles. The van der Waals surface area contributed by atoms with E-state index in [1.165, 1.54) is 7.11 Å². The molecule has 25 heavy (non-hydrogen) atoms. The van der Waals surface area contributed by atoms with Crippen LogP contribution in [0.2, 0.25) is 0 Å². The Bertz CT molecular complexity index is 820. The number of methoxy groups -OCH3 is 1. The summed E-state index contributed by atoms with van der Waals surface area (Å²) in [6.07, 6.45) is 0. The molecule has 2 aliphatic rings. The lowest BCUT2D eigenvalue weighted by Gasteiger charge is -2.37. The number of hydrogen-bond donors (Lipinski definition) is 1. The Labute approximate surface area is 148 Å². The van der Waals surface area contributed by atoms with Crippen LogP contribution in [0.1, 0.15) is 29.5 Å². The number of ketones is 1. The van der Waals surface area contributed by atoms with Gasteiger partial charge in [0.2, 0.25) is 0 Å². The zero-order valence-electron chi connectivity index (χ0n) is 15.4. The second-order valence-electron chi connectivity index (χ2n) is 6.87. The third-order valence-corrected chi connectivity index (χ3v) is 5.15. The van der Waals surface area contributed by atoms with Gasteiger partial charge in [-0.1, -0.05) is 18.2 Å². The van der Waals surface area contributed by atoms with Crippen molar-refractivity contribution >= 4 is 11.8 Å². The van der Waals surface area contributed by atoms with Crippen molar-refractivity contribution in [2.24, 2.45) is 0 Å². The van der Waals surface area contributed by atoms with E-state index < -0.39 is 5.97 Å². The number of carbonyl (C=O) groups is 2. The summed E-state index contributed by atoms with van der Waals surface area (Å²) in [5, 5.41) is 3.27. The molecule has 1 unspecified atom stereocenters. The number of carbonyl (C=O) groups excluding carboxylic acids is 2. The summed E-state index contributed by atoms with van der Waals surface area (Å²) in [4.78, 5) is 27.4. The van der Waals surface area contributed by atoms with Crippen LogP contribution < -0.4 is 5.32 Å². The lowest BCUT2D eigenvalue weighted by Crippen LogP contribution is -2.44. The monoisotopic (exact) mass is 340 g/mol. The van der Waals surface area contributed by atoms with Crippen molar-refractivity contribution in [1.29, 1.82) is 0 Å². The SMILES string of the molecule is COC(=O)C1=C(C)NC2=C(C(=O)CN(C)C2)C1c1cccc(C)c1C. The molecule has 0 saturated heterocycles. The normalized spacial score (nSPS) is 21.2. The number of benzene rings is 1. The standard InChI is InChI=1S/C20H24N2O3/c1-11-7-6-8-14(12(11)2)18-17(20(24)25-5)13(3)21-15-9-22(4)10-16(23)19(15)18/h6-8,18,21H,9-10H2,1-5H3. The van der Waals surface area contributed by atoms with Crippen LogP contribution in [0, 0.1) is 13.8 Å². The number of nitrogens with zero attached hydrogens (tertiary/aromatic N) is 1. The molecule has 0 saturated carbocycles.